The molecule has 0 aromatic carbocycles. The second kappa shape index (κ2) is 6.54. The molecule has 2 unspecified atom stereocenters. The number of fused-ring (bicyclic) bond motifs is 2. The Morgan fingerprint density at radius 2 is 1.72 bits per heavy atom. The Morgan fingerprint density at radius 1 is 1.00 bits per heavy atom. The number of aromatic amines is 1. The molecule has 1 saturated carbocycles. The summed E-state index contributed by atoms with van der Waals surface area (Å²) in [5.41, 5.74) is 0.00512. The van der Waals surface area contributed by atoms with Gasteiger partial charge in [0.25, 0.3) is 0 Å². The van der Waals surface area contributed by atoms with E-state index in [9.17, 15) is 4.79 Å². The van der Waals surface area contributed by atoms with Gasteiger partial charge in [-0.25, -0.2) is 9.48 Å². The normalized spacial score (nSPS) is 33.8. The number of H-pyrrole nitrogens is 1. The van der Waals surface area contributed by atoms with Crippen molar-refractivity contribution in [2.75, 3.05) is 19.6 Å². The van der Waals surface area contributed by atoms with Crippen LogP contribution in [-0.4, -0.2) is 51.4 Å². The van der Waals surface area contributed by atoms with Crippen LogP contribution in [-0.2, 0) is 0 Å². The lowest BCUT2D eigenvalue weighted by Gasteiger charge is -2.34. The van der Waals surface area contributed by atoms with Crippen LogP contribution < -0.4 is 11.0 Å². The average molecular weight is 345 g/mol. The van der Waals surface area contributed by atoms with Gasteiger partial charge in [0, 0.05) is 31.1 Å². The second-order valence-corrected chi connectivity index (χ2v) is 8.87. The van der Waals surface area contributed by atoms with E-state index >= 15 is 0 Å². The summed E-state index contributed by atoms with van der Waals surface area (Å²) in [6.07, 6.45) is 11.4. The van der Waals surface area contributed by atoms with Crippen LogP contribution in [0.5, 0.6) is 0 Å². The Hall–Kier alpha value is -1.14. The van der Waals surface area contributed by atoms with Gasteiger partial charge in [-0.1, -0.05) is 0 Å². The fourth-order valence-corrected chi connectivity index (χ4v) is 5.30. The maximum atomic E-state index is 12.2. The quantitative estimate of drug-likeness (QED) is 0.857. The smallest absolute Gasteiger partial charge is 0.311 e. The summed E-state index contributed by atoms with van der Waals surface area (Å²) < 4.78 is 1.75. The molecule has 0 amide bonds. The summed E-state index contributed by atoms with van der Waals surface area (Å²) in [4.78, 5) is 17.8. The van der Waals surface area contributed by atoms with Crippen LogP contribution in [0.4, 0.5) is 0 Å². The highest BCUT2D eigenvalue weighted by atomic mass is 16.2. The van der Waals surface area contributed by atoms with Crippen molar-refractivity contribution in [2.45, 2.75) is 81.8 Å². The lowest BCUT2D eigenvalue weighted by Crippen LogP contribution is -2.41. The first kappa shape index (κ1) is 16.1. The van der Waals surface area contributed by atoms with Crippen molar-refractivity contribution < 1.29 is 0 Å². The second-order valence-electron chi connectivity index (χ2n) is 8.87. The number of likely N-dealkylation sites (tertiary alicyclic amines) is 1. The zero-order valence-electron chi connectivity index (χ0n) is 15.1. The molecule has 6 nitrogen and oxygen atoms in total. The van der Waals surface area contributed by atoms with E-state index in [1.165, 1.54) is 51.5 Å². The third-order valence-corrected chi connectivity index (χ3v) is 6.95. The highest BCUT2D eigenvalue weighted by molar-refractivity contribution is 5.03. The minimum absolute atomic E-state index is 0.00512. The standard InChI is InChI=1S/C19H31N5O/c25-19-21-18(14-1-2-14)22-24(19)17-6-9-23(10-7-17)8-5-13-11-15-3-4-16(12-13)20-15/h13-17,20H,1-12H2,(H,21,22,25). The van der Waals surface area contributed by atoms with Gasteiger partial charge in [0.05, 0.1) is 6.04 Å². The molecule has 25 heavy (non-hydrogen) atoms. The summed E-state index contributed by atoms with van der Waals surface area (Å²) in [5, 5.41) is 8.33. The number of aromatic nitrogens is 3. The minimum atomic E-state index is 0.00512. The van der Waals surface area contributed by atoms with Crippen LogP contribution in [0, 0.1) is 5.92 Å². The fraction of sp³-hybridized carbons (Fsp3) is 0.895. The molecule has 2 N–H and O–H groups in total. The fourth-order valence-electron chi connectivity index (χ4n) is 5.30. The molecule has 4 fully saturated rings. The first-order valence-electron chi connectivity index (χ1n) is 10.4. The molecule has 5 rings (SSSR count). The van der Waals surface area contributed by atoms with E-state index in [1.54, 1.807) is 4.68 Å². The van der Waals surface area contributed by atoms with Crippen molar-refractivity contribution in [2.24, 2.45) is 5.92 Å². The molecular weight excluding hydrogens is 314 g/mol. The van der Waals surface area contributed by atoms with Crippen molar-refractivity contribution in [1.82, 2.24) is 25.0 Å². The van der Waals surface area contributed by atoms with Gasteiger partial charge >= 0.3 is 5.69 Å². The number of hydrogen-bond donors (Lipinski definition) is 2. The summed E-state index contributed by atoms with van der Waals surface area (Å²) >= 11 is 0. The zero-order valence-corrected chi connectivity index (χ0v) is 15.1. The topological polar surface area (TPSA) is 66.0 Å². The Bertz CT molecular complexity index is 643. The van der Waals surface area contributed by atoms with Crippen LogP contribution in [0.2, 0.25) is 0 Å². The number of nitrogens with zero attached hydrogens (tertiary/aromatic N) is 3. The molecule has 3 aliphatic heterocycles. The molecule has 0 spiro atoms. The molecule has 2 atom stereocenters. The van der Waals surface area contributed by atoms with Crippen molar-refractivity contribution in [3.63, 3.8) is 0 Å². The van der Waals surface area contributed by atoms with Gasteiger partial charge in [-0.3, -0.25) is 4.98 Å². The summed E-state index contributed by atoms with van der Waals surface area (Å²) in [6, 6.07) is 1.91. The van der Waals surface area contributed by atoms with Crippen molar-refractivity contribution in [1.29, 1.82) is 0 Å². The van der Waals surface area contributed by atoms with E-state index in [4.69, 9.17) is 0 Å². The third-order valence-electron chi connectivity index (χ3n) is 6.95. The lowest BCUT2D eigenvalue weighted by atomic mass is 9.89. The van der Waals surface area contributed by atoms with Gasteiger partial charge in [-0.2, -0.15) is 5.10 Å². The predicted molar refractivity (Wildman–Crippen MR) is 96.8 cm³/mol. The van der Waals surface area contributed by atoms with E-state index in [1.807, 2.05) is 0 Å². The molecule has 1 aromatic rings. The van der Waals surface area contributed by atoms with Gasteiger partial charge in [-0.15, -0.1) is 0 Å². The average Bonchev–Trinajstić information content (AvgIpc) is 3.33. The van der Waals surface area contributed by atoms with E-state index in [2.05, 4.69) is 20.3 Å². The molecule has 4 heterocycles. The SMILES string of the molecule is O=c1[nH]c(C2CC2)nn1C1CCN(CCC2CC3CCC(C2)N3)CC1. The van der Waals surface area contributed by atoms with Gasteiger partial charge in [0.2, 0.25) is 0 Å². The molecule has 138 valence electrons. The van der Waals surface area contributed by atoms with E-state index in [-0.39, 0.29) is 5.69 Å². The van der Waals surface area contributed by atoms with Gasteiger partial charge in [0.1, 0.15) is 5.82 Å². The van der Waals surface area contributed by atoms with E-state index in [0.717, 1.165) is 49.8 Å². The molecule has 6 heteroatoms. The predicted octanol–water partition coefficient (Wildman–Crippen LogP) is 2.01. The van der Waals surface area contributed by atoms with Crippen LogP contribution in [0.1, 0.15) is 75.6 Å². The summed E-state index contributed by atoms with van der Waals surface area (Å²) in [6.45, 7) is 3.46. The number of nitrogens with one attached hydrogen (secondary N) is 2. The Kier molecular flexibility index (Phi) is 4.20. The first-order valence-corrected chi connectivity index (χ1v) is 10.4. The summed E-state index contributed by atoms with van der Waals surface area (Å²) in [5.74, 6) is 2.37. The van der Waals surface area contributed by atoms with Crippen LogP contribution in [0.15, 0.2) is 4.79 Å². The van der Waals surface area contributed by atoms with E-state index in [0.29, 0.717) is 12.0 Å². The molecule has 2 bridgehead atoms. The van der Waals surface area contributed by atoms with E-state index < -0.39 is 0 Å². The van der Waals surface area contributed by atoms with Crippen molar-refractivity contribution >= 4 is 0 Å². The first-order chi connectivity index (χ1) is 12.2. The monoisotopic (exact) mass is 345 g/mol. The molecule has 0 radical (unpaired) electrons. The minimum Gasteiger partial charge on any atom is -0.311 e. The lowest BCUT2D eigenvalue weighted by molar-refractivity contribution is 0.159. The highest BCUT2D eigenvalue weighted by Gasteiger charge is 2.34. The van der Waals surface area contributed by atoms with Crippen LogP contribution in [0.25, 0.3) is 0 Å². The Morgan fingerprint density at radius 3 is 2.40 bits per heavy atom. The highest BCUT2D eigenvalue weighted by Crippen LogP contribution is 2.37. The van der Waals surface area contributed by atoms with Crippen LogP contribution >= 0.6 is 0 Å². The number of hydrogen-bond acceptors (Lipinski definition) is 4. The van der Waals surface area contributed by atoms with Gasteiger partial charge in [0.15, 0.2) is 0 Å². The van der Waals surface area contributed by atoms with Crippen molar-refractivity contribution in [3.05, 3.63) is 16.3 Å². The van der Waals surface area contributed by atoms with Crippen molar-refractivity contribution in [3.8, 4) is 0 Å². The number of rotatable bonds is 5. The largest absolute Gasteiger partial charge is 0.343 e. The van der Waals surface area contributed by atoms with Gasteiger partial charge < -0.3 is 10.2 Å². The zero-order chi connectivity index (χ0) is 16.8. The van der Waals surface area contributed by atoms with Gasteiger partial charge in [-0.05, 0) is 70.3 Å². The molecule has 1 aliphatic carbocycles. The molecule has 4 aliphatic rings. The third kappa shape index (κ3) is 3.43. The Balaban J connectivity index is 1.11. The summed E-state index contributed by atoms with van der Waals surface area (Å²) in [7, 11) is 0. The maximum absolute atomic E-state index is 12.2. The molecule has 1 aromatic heterocycles. The Labute approximate surface area is 149 Å². The molecular formula is C19H31N5O. The van der Waals surface area contributed by atoms with Crippen LogP contribution in [0.3, 0.4) is 0 Å². The molecule has 3 saturated heterocycles. The maximum Gasteiger partial charge on any atom is 0.343 e. The number of piperidine rings is 2.